The van der Waals surface area contributed by atoms with Gasteiger partial charge in [0.25, 0.3) is 5.91 Å². The van der Waals surface area contributed by atoms with Crippen LogP contribution in [-0.4, -0.2) is 26.7 Å². The lowest BCUT2D eigenvalue weighted by molar-refractivity contribution is -0.137. The summed E-state index contributed by atoms with van der Waals surface area (Å²) in [7, 11) is -3.61. The molecule has 0 saturated heterocycles. The summed E-state index contributed by atoms with van der Waals surface area (Å²) in [5.74, 6) is -1.05. The van der Waals surface area contributed by atoms with Crippen LogP contribution in [0.3, 0.4) is 0 Å². The summed E-state index contributed by atoms with van der Waals surface area (Å²) in [6.07, 6.45) is -2.77. The van der Waals surface area contributed by atoms with E-state index in [1.807, 2.05) is 6.92 Å². The van der Waals surface area contributed by atoms with Gasteiger partial charge in [0, 0.05) is 5.56 Å². The molecule has 0 bridgehead atoms. The zero-order chi connectivity index (χ0) is 26.8. The van der Waals surface area contributed by atoms with Gasteiger partial charge in [-0.1, -0.05) is 20.3 Å². The lowest BCUT2D eigenvalue weighted by Gasteiger charge is -2.23. The number of fused-ring (bicyclic) bond motifs is 1. The van der Waals surface area contributed by atoms with Crippen LogP contribution >= 0.6 is 0 Å². The minimum Gasteiger partial charge on any atom is -0.480 e. The second-order valence-electron chi connectivity index (χ2n) is 9.13. The first kappa shape index (κ1) is 27.8. The van der Waals surface area contributed by atoms with E-state index in [-0.39, 0.29) is 22.9 Å². The first-order valence-electron chi connectivity index (χ1n) is 11.7. The van der Waals surface area contributed by atoms with Crippen LogP contribution in [0.15, 0.2) is 30.3 Å². The van der Waals surface area contributed by atoms with Crippen molar-refractivity contribution in [1.82, 2.24) is 5.32 Å². The second-order valence-corrected chi connectivity index (χ2v) is 10.9. The number of nitrogens with one attached hydrogen (secondary N) is 2. The van der Waals surface area contributed by atoms with E-state index in [1.54, 1.807) is 13.8 Å². The van der Waals surface area contributed by atoms with Crippen molar-refractivity contribution in [3.8, 4) is 5.75 Å². The fourth-order valence-electron chi connectivity index (χ4n) is 4.34. The molecule has 1 amide bonds. The molecular formula is C25H30F4N2O4S. The molecule has 0 fully saturated rings. The molecule has 3 rings (SSSR count). The van der Waals surface area contributed by atoms with E-state index in [2.05, 4.69) is 10.0 Å². The zero-order valence-corrected chi connectivity index (χ0v) is 21.3. The Balaban J connectivity index is 1.83. The fraction of sp³-hybridized carbons (Fsp3) is 0.480. The normalized spacial score (nSPS) is 19.0. The van der Waals surface area contributed by atoms with Gasteiger partial charge in [-0.3, -0.25) is 9.52 Å². The summed E-state index contributed by atoms with van der Waals surface area (Å²) in [5.41, 5.74) is 0.492. The molecule has 1 heterocycles. The van der Waals surface area contributed by atoms with Crippen LogP contribution in [0.1, 0.15) is 61.9 Å². The smallest absolute Gasteiger partial charge is 0.416 e. The fourth-order valence-corrected chi connectivity index (χ4v) is 4.93. The number of anilines is 1. The summed E-state index contributed by atoms with van der Waals surface area (Å²) < 4.78 is 85.7. The van der Waals surface area contributed by atoms with E-state index in [0.29, 0.717) is 36.8 Å². The Bertz CT molecular complexity index is 1230. The Morgan fingerprint density at radius 2 is 1.89 bits per heavy atom. The summed E-state index contributed by atoms with van der Waals surface area (Å²) >= 11 is 0. The Morgan fingerprint density at radius 1 is 1.19 bits per heavy atom. The summed E-state index contributed by atoms with van der Waals surface area (Å²) in [6.45, 7) is 5.28. The van der Waals surface area contributed by atoms with E-state index >= 15 is 0 Å². The minimum atomic E-state index is -4.48. The highest BCUT2D eigenvalue weighted by Crippen LogP contribution is 2.37. The molecule has 1 aliphatic rings. The van der Waals surface area contributed by atoms with Gasteiger partial charge in [-0.2, -0.15) is 13.2 Å². The highest BCUT2D eigenvalue weighted by Gasteiger charge is 2.34. The molecule has 36 heavy (non-hydrogen) atoms. The quantitative estimate of drug-likeness (QED) is 0.471. The van der Waals surface area contributed by atoms with Crippen LogP contribution in [0.25, 0.3) is 0 Å². The van der Waals surface area contributed by atoms with Crippen LogP contribution in [0, 0.1) is 11.7 Å². The zero-order valence-electron chi connectivity index (χ0n) is 20.5. The molecule has 0 aromatic heterocycles. The Labute approximate surface area is 208 Å². The van der Waals surface area contributed by atoms with Crippen LogP contribution in [0.5, 0.6) is 5.75 Å². The number of benzene rings is 2. The SMILES string of the molecule is CCc1cc([C@@H](C)NC(=O)C2CC(CC)Cc3cc(C(F)(F)F)ccc3O2)c(F)cc1NS(C)(=O)=O. The minimum absolute atomic E-state index is 0.0782. The lowest BCUT2D eigenvalue weighted by Crippen LogP contribution is -2.40. The molecule has 0 saturated carbocycles. The van der Waals surface area contributed by atoms with Crippen molar-refractivity contribution in [2.24, 2.45) is 5.92 Å². The predicted molar refractivity (Wildman–Crippen MR) is 129 cm³/mol. The van der Waals surface area contributed by atoms with Crippen LogP contribution < -0.4 is 14.8 Å². The van der Waals surface area contributed by atoms with Gasteiger partial charge < -0.3 is 10.1 Å². The molecule has 3 atom stereocenters. The number of carbonyl (C=O) groups excluding carboxylic acids is 1. The van der Waals surface area contributed by atoms with Crippen LogP contribution in [0.4, 0.5) is 23.2 Å². The van der Waals surface area contributed by atoms with Crippen molar-refractivity contribution in [3.05, 3.63) is 58.4 Å². The van der Waals surface area contributed by atoms with Crippen molar-refractivity contribution in [1.29, 1.82) is 0 Å². The van der Waals surface area contributed by atoms with Gasteiger partial charge in [0.15, 0.2) is 6.10 Å². The number of rotatable bonds is 7. The van der Waals surface area contributed by atoms with E-state index < -0.39 is 45.6 Å². The molecule has 1 aliphatic heterocycles. The number of halogens is 4. The van der Waals surface area contributed by atoms with E-state index in [4.69, 9.17) is 4.74 Å². The number of amides is 1. The van der Waals surface area contributed by atoms with Gasteiger partial charge in [-0.05, 0) is 73.6 Å². The number of ether oxygens (including phenoxy) is 1. The number of aryl methyl sites for hydroxylation is 1. The standard InChI is InChI=1S/C25H30F4N2O4S/c1-5-15-9-17-11-18(25(27,28)29)7-8-22(17)35-23(10-15)24(32)30-14(3)19-12-16(6-2)21(13-20(19)26)31-36(4,33)34/h7-8,11-15,23,31H,5-6,9-10H2,1-4H3,(H,30,32)/t14-,15?,23?/m1/s1. The summed E-state index contributed by atoms with van der Waals surface area (Å²) in [5, 5.41) is 2.74. The van der Waals surface area contributed by atoms with E-state index in [0.717, 1.165) is 24.5 Å². The maximum absolute atomic E-state index is 14.9. The van der Waals surface area contributed by atoms with Crippen LogP contribution in [0.2, 0.25) is 0 Å². The first-order valence-corrected chi connectivity index (χ1v) is 13.6. The largest absolute Gasteiger partial charge is 0.480 e. The van der Waals surface area contributed by atoms with Gasteiger partial charge >= 0.3 is 6.18 Å². The maximum atomic E-state index is 14.9. The average Bonchev–Trinajstić information content (AvgIpc) is 2.96. The number of sulfonamides is 1. The Hall–Kier alpha value is -2.82. The molecule has 198 valence electrons. The van der Waals surface area contributed by atoms with Gasteiger partial charge in [0.2, 0.25) is 10.0 Å². The summed E-state index contributed by atoms with van der Waals surface area (Å²) in [6, 6.07) is 5.05. The van der Waals surface area contributed by atoms with Gasteiger partial charge in [-0.25, -0.2) is 12.8 Å². The second kappa shape index (κ2) is 10.7. The van der Waals surface area contributed by atoms with Crippen molar-refractivity contribution in [3.63, 3.8) is 0 Å². The molecule has 6 nitrogen and oxygen atoms in total. The number of carbonyl (C=O) groups is 1. The third kappa shape index (κ3) is 6.68. The van der Waals surface area contributed by atoms with E-state index in [9.17, 15) is 30.8 Å². The molecule has 0 radical (unpaired) electrons. The van der Waals surface area contributed by atoms with Gasteiger partial charge in [0.1, 0.15) is 11.6 Å². The third-order valence-electron chi connectivity index (χ3n) is 6.31. The molecule has 11 heteroatoms. The highest BCUT2D eigenvalue weighted by molar-refractivity contribution is 7.92. The monoisotopic (exact) mass is 530 g/mol. The van der Waals surface area contributed by atoms with Gasteiger partial charge in [-0.15, -0.1) is 0 Å². The average molecular weight is 531 g/mol. The number of alkyl halides is 3. The molecular weight excluding hydrogens is 500 g/mol. The maximum Gasteiger partial charge on any atom is 0.416 e. The van der Waals surface area contributed by atoms with Crippen molar-refractivity contribution >= 4 is 21.6 Å². The van der Waals surface area contributed by atoms with Crippen LogP contribution in [-0.2, 0) is 33.8 Å². The third-order valence-corrected chi connectivity index (χ3v) is 6.90. The van der Waals surface area contributed by atoms with E-state index in [1.165, 1.54) is 12.1 Å². The molecule has 2 aromatic carbocycles. The first-order chi connectivity index (χ1) is 16.7. The molecule has 0 spiro atoms. The van der Waals surface area contributed by atoms with Gasteiger partial charge in [0.05, 0.1) is 23.5 Å². The molecule has 2 N–H and O–H groups in total. The molecule has 2 unspecified atom stereocenters. The molecule has 2 aromatic rings. The highest BCUT2D eigenvalue weighted by atomic mass is 32.2. The topological polar surface area (TPSA) is 84.5 Å². The Morgan fingerprint density at radius 3 is 2.47 bits per heavy atom. The number of hydrogen-bond donors (Lipinski definition) is 2. The van der Waals surface area contributed by atoms with Crippen molar-refractivity contribution < 1.29 is 35.5 Å². The molecule has 0 aliphatic carbocycles. The summed E-state index contributed by atoms with van der Waals surface area (Å²) in [4.78, 5) is 13.1. The Kier molecular flexibility index (Phi) is 8.22. The van der Waals surface area contributed by atoms with Crippen molar-refractivity contribution in [2.75, 3.05) is 11.0 Å². The lowest BCUT2D eigenvalue weighted by atomic mass is 9.91. The van der Waals surface area contributed by atoms with Crippen molar-refractivity contribution in [2.45, 2.75) is 64.8 Å². The number of hydrogen-bond acceptors (Lipinski definition) is 4. The predicted octanol–water partition coefficient (Wildman–Crippen LogP) is 5.38.